The minimum atomic E-state index is -0.605. The molecule has 0 aliphatic carbocycles. The van der Waals surface area contributed by atoms with Crippen molar-refractivity contribution < 1.29 is 9.53 Å². The monoisotopic (exact) mass is 268 g/mol. The second kappa shape index (κ2) is 5.71. The summed E-state index contributed by atoms with van der Waals surface area (Å²) in [6.45, 7) is 0.0977. The van der Waals surface area contributed by atoms with Crippen molar-refractivity contribution in [2.75, 3.05) is 5.73 Å². The van der Waals surface area contributed by atoms with Gasteiger partial charge in [-0.3, -0.25) is 4.79 Å². The quantitative estimate of drug-likeness (QED) is 0.809. The Morgan fingerprint density at radius 3 is 2.90 bits per heavy atom. The highest BCUT2D eigenvalue weighted by atomic mass is 16.5. The molecule has 1 aromatic carbocycles. The number of primary amides is 1. The molecule has 6 heteroatoms. The van der Waals surface area contributed by atoms with Gasteiger partial charge in [-0.1, -0.05) is 6.07 Å². The van der Waals surface area contributed by atoms with Crippen molar-refractivity contribution >= 4 is 11.6 Å². The SMILES string of the molecule is N#Cc1ncccc1COc1cc(N)ccc1C(N)=O. The molecule has 1 heterocycles. The lowest BCUT2D eigenvalue weighted by atomic mass is 10.1. The molecule has 0 unspecified atom stereocenters. The van der Waals surface area contributed by atoms with Crippen LogP contribution in [0.1, 0.15) is 21.6 Å². The zero-order valence-electron chi connectivity index (χ0n) is 10.5. The Morgan fingerprint density at radius 2 is 2.20 bits per heavy atom. The molecule has 1 amide bonds. The van der Waals surface area contributed by atoms with E-state index in [1.54, 1.807) is 18.2 Å². The van der Waals surface area contributed by atoms with Crippen LogP contribution in [-0.4, -0.2) is 10.9 Å². The molecule has 0 aliphatic rings. The maximum absolute atomic E-state index is 11.3. The Hall–Kier alpha value is -3.07. The summed E-state index contributed by atoms with van der Waals surface area (Å²) in [5, 5.41) is 8.94. The molecule has 0 atom stereocenters. The first-order valence-corrected chi connectivity index (χ1v) is 5.78. The number of anilines is 1. The van der Waals surface area contributed by atoms with Gasteiger partial charge in [-0.25, -0.2) is 4.98 Å². The second-order valence-corrected chi connectivity index (χ2v) is 4.03. The normalized spacial score (nSPS) is 9.75. The van der Waals surface area contributed by atoms with Gasteiger partial charge in [0.1, 0.15) is 24.1 Å². The Bertz CT molecular complexity index is 692. The molecule has 100 valence electrons. The Balaban J connectivity index is 2.25. The van der Waals surface area contributed by atoms with Crippen LogP contribution >= 0.6 is 0 Å². The van der Waals surface area contributed by atoms with E-state index in [1.807, 2.05) is 6.07 Å². The van der Waals surface area contributed by atoms with E-state index in [1.165, 1.54) is 18.3 Å². The second-order valence-electron chi connectivity index (χ2n) is 4.03. The lowest BCUT2D eigenvalue weighted by molar-refractivity contribution is 0.0996. The molecule has 0 saturated heterocycles. The lowest BCUT2D eigenvalue weighted by Crippen LogP contribution is -2.13. The number of pyridine rings is 1. The van der Waals surface area contributed by atoms with Gasteiger partial charge in [0.05, 0.1) is 5.56 Å². The summed E-state index contributed by atoms with van der Waals surface area (Å²) in [5.74, 6) is -0.322. The van der Waals surface area contributed by atoms with Crippen molar-refractivity contribution in [1.29, 1.82) is 5.26 Å². The summed E-state index contributed by atoms with van der Waals surface area (Å²) in [7, 11) is 0. The molecule has 4 N–H and O–H groups in total. The van der Waals surface area contributed by atoms with Gasteiger partial charge in [-0.15, -0.1) is 0 Å². The van der Waals surface area contributed by atoms with Crippen LogP contribution < -0.4 is 16.2 Å². The van der Waals surface area contributed by atoms with Gasteiger partial charge in [-0.05, 0) is 18.2 Å². The van der Waals surface area contributed by atoms with Crippen LogP contribution in [0.25, 0.3) is 0 Å². The minimum absolute atomic E-state index is 0.0977. The van der Waals surface area contributed by atoms with E-state index in [2.05, 4.69) is 4.98 Å². The summed E-state index contributed by atoms with van der Waals surface area (Å²) in [4.78, 5) is 15.2. The number of aromatic nitrogens is 1. The predicted molar refractivity (Wildman–Crippen MR) is 72.7 cm³/mol. The summed E-state index contributed by atoms with van der Waals surface area (Å²) in [6, 6.07) is 9.98. The van der Waals surface area contributed by atoms with E-state index in [0.717, 1.165) is 0 Å². The smallest absolute Gasteiger partial charge is 0.252 e. The summed E-state index contributed by atoms with van der Waals surface area (Å²) in [5.41, 5.74) is 12.5. The van der Waals surface area contributed by atoms with Crippen molar-refractivity contribution in [2.45, 2.75) is 6.61 Å². The molecular formula is C14H12N4O2. The molecule has 0 aliphatic heterocycles. The molecule has 0 saturated carbocycles. The maximum Gasteiger partial charge on any atom is 0.252 e. The zero-order chi connectivity index (χ0) is 14.5. The van der Waals surface area contributed by atoms with Gasteiger partial charge in [0.25, 0.3) is 5.91 Å². The molecular weight excluding hydrogens is 256 g/mol. The summed E-state index contributed by atoms with van der Waals surface area (Å²) < 4.78 is 5.54. The number of ether oxygens (including phenoxy) is 1. The van der Waals surface area contributed by atoms with Crippen molar-refractivity contribution in [3.05, 3.63) is 53.3 Å². The van der Waals surface area contributed by atoms with Crippen molar-refractivity contribution in [2.24, 2.45) is 5.73 Å². The van der Waals surface area contributed by atoms with Crippen LogP contribution in [0.15, 0.2) is 36.5 Å². The summed E-state index contributed by atoms with van der Waals surface area (Å²) >= 11 is 0. The van der Waals surface area contributed by atoms with Gasteiger partial charge in [-0.2, -0.15) is 5.26 Å². The van der Waals surface area contributed by atoms with Gasteiger partial charge < -0.3 is 16.2 Å². The number of hydrogen-bond donors (Lipinski definition) is 2. The van der Waals surface area contributed by atoms with Crippen LogP contribution in [0, 0.1) is 11.3 Å². The zero-order valence-corrected chi connectivity index (χ0v) is 10.5. The van der Waals surface area contributed by atoms with Crippen LogP contribution in [0.4, 0.5) is 5.69 Å². The predicted octanol–water partition coefficient (Wildman–Crippen LogP) is 1.21. The van der Waals surface area contributed by atoms with Crippen LogP contribution in [0.5, 0.6) is 5.75 Å². The number of hydrogen-bond acceptors (Lipinski definition) is 5. The third kappa shape index (κ3) is 2.84. The average molecular weight is 268 g/mol. The number of carbonyl (C=O) groups excluding carboxylic acids is 1. The number of nitrogens with two attached hydrogens (primary N) is 2. The topological polar surface area (TPSA) is 115 Å². The van der Waals surface area contributed by atoms with Gasteiger partial charge in [0, 0.05) is 23.5 Å². The molecule has 0 radical (unpaired) electrons. The number of benzene rings is 1. The third-order valence-corrected chi connectivity index (χ3v) is 2.65. The maximum atomic E-state index is 11.3. The van der Waals surface area contributed by atoms with Gasteiger partial charge in [0.2, 0.25) is 0 Å². The largest absolute Gasteiger partial charge is 0.488 e. The fourth-order valence-corrected chi connectivity index (χ4v) is 1.67. The number of amides is 1. The van der Waals surface area contributed by atoms with E-state index >= 15 is 0 Å². The molecule has 0 spiro atoms. The fraction of sp³-hybridized carbons (Fsp3) is 0.0714. The average Bonchev–Trinajstić information content (AvgIpc) is 2.45. The van der Waals surface area contributed by atoms with E-state index in [9.17, 15) is 4.79 Å². The molecule has 2 rings (SSSR count). The van der Waals surface area contributed by atoms with Crippen molar-refractivity contribution in [3.8, 4) is 11.8 Å². The van der Waals surface area contributed by atoms with Crippen LogP contribution in [0.3, 0.4) is 0 Å². The van der Waals surface area contributed by atoms with E-state index in [-0.39, 0.29) is 23.6 Å². The highest BCUT2D eigenvalue weighted by Crippen LogP contribution is 2.22. The first-order chi connectivity index (χ1) is 9.61. The number of nitriles is 1. The van der Waals surface area contributed by atoms with Crippen LogP contribution in [0.2, 0.25) is 0 Å². The highest BCUT2D eigenvalue weighted by Gasteiger charge is 2.11. The number of nitrogens with zero attached hydrogens (tertiary/aromatic N) is 2. The molecule has 1 aromatic heterocycles. The molecule has 0 fully saturated rings. The Morgan fingerprint density at radius 1 is 1.40 bits per heavy atom. The standard InChI is InChI=1S/C14H12N4O2/c15-7-12-9(2-1-5-18-12)8-20-13-6-10(16)3-4-11(13)14(17)19/h1-6H,8,16H2,(H2,17,19). The number of rotatable bonds is 4. The Labute approximate surface area is 115 Å². The first kappa shape index (κ1) is 13.4. The third-order valence-electron chi connectivity index (χ3n) is 2.65. The minimum Gasteiger partial charge on any atom is -0.488 e. The van der Waals surface area contributed by atoms with E-state index in [4.69, 9.17) is 21.5 Å². The molecule has 0 bridgehead atoms. The van der Waals surface area contributed by atoms with Crippen LogP contribution in [-0.2, 0) is 6.61 Å². The van der Waals surface area contributed by atoms with Gasteiger partial charge >= 0.3 is 0 Å². The number of carbonyl (C=O) groups is 1. The Kier molecular flexibility index (Phi) is 3.82. The van der Waals surface area contributed by atoms with Crippen molar-refractivity contribution in [3.63, 3.8) is 0 Å². The van der Waals surface area contributed by atoms with Crippen molar-refractivity contribution in [1.82, 2.24) is 4.98 Å². The first-order valence-electron chi connectivity index (χ1n) is 5.78. The van der Waals surface area contributed by atoms with E-state index in [0.29, 0.717) is 11.3 Å². The number of nitrogen functional groups attached to an aromatic ring is 1. The molecule has 2 aromatic rings. The fourth-order valence-electron chi connectivity index (χ4n) is 1.67. The van der Waals surface area contributed by atoms with Gasteiger partial charge in [0.15, 0.2) is 0 Å². The summed E-state index contributed by atoms with van der Waals surface area (Å²) in [6.07, 6.45) is 1.53. The lowest BCUT2D eigenvalue weighted by Gasteiger charge is -2.10. The van der Waals surface area contributed by atoms with E-state index < -0.39 is 5.91 Å². The highest BCUT2D eigenvalue weighted by molar-refractivity contribution is 5.96. The molecule has 6 nitrogen and oxygen atoms in total. The molecule has 20 heavy (non-hydrogen) atoms.